The third-order valence-corrected chi connectivity index (χ3v) is 3.71. The van der Waals surface area contributed by atoms with Gasteiger partial charge in [0.1, 0.15) is 11.3 Å². The van der Waals surface area contributed by atoms with E-state index in [1.54, 1.807) is 16.3 Å². The van der Waals surface area contributed by atoms with E-state index in [0.717, 1.165) is 11.8 Å². The second-order valence-corrected chi connectivity index (χ2v) is 5.18. The van der Waals surface area contributed by atoms with Crippen LogP contribution in [0.4, 0.5) is 8.78 Å². The minimum Gasteiger partial charge on any atom is -0.328 e. The molecule has 1 heterocycles. The minimum atomic E-state index is -0.610. The van der Waals surface area contributed by atoms with Gasteiger partial charge in [0.25, 0.3) is 0 Å². The number of nitrogens with zero attached hydrogens (tertiary/aromatic N) is 1. The molecule has 2 aromatic rings. The van der Waals surface area contributed by atoms with Gasteiger partial charge in [-0.1, -0.05) is 0 Å². The summed E-state index contributed by atoms with van der Waals surface area (Å²) in [7, 11) is 0. The predicted molar refractivity (Wildman–Crippen MR) is 70.1 cm³/mol. The van der Waals surface area contributed by atoms with Crippen molar-refractivity contribution in [2.45, 2.75) is 13.0 Å². The summed E-state index contributed by atoms with van der Waals surface area (Å²) in [4.78, 5) is 2.79. The largest absolute Gasteiger partial charge is 0.328 e. The Kier molecular flexibility index (Phi) is 3.53. The summed E-state index contributed by atoms with van der Waals surface area (Å²) in [6, 6.07) is 2.26. The molecule has 1 N–H and O–H groups in total. The number of halogens is 2. The zero-order valence-electron chi connectivity index (χ0n) is 9.46. The van der Waals surface area contributed by atoms with Gasteiger partial charge in [-0.15, -0.1) is 0 Å². The van der Waals surface area contributed by atoms with Gasteiger partial charge in [-0.05, 0) is 31.5 Å². The standard InChI is InChI=1S/C11H12F2N2S2/c1-6(5-17-2)15-9-4-7(12)3-8(13)10(9)14-11(15)16/h3-4,6H,5H2,1-2H3,(H,14,16). The Morgan fingerprint density at radius 2 is 2.18 bits per heavy atom. The zero-order chi connectivity index (χ0) is 12.6. The van der Waals surface area contributed by atoms with Crippen molar-refractivity contribution < 1.29 is 8.78 Å². The number of fused-ring (bicyclic) bond motifs is 1. The second kappa shape index (κ2) is 4.78. The Morgan fingerprint density at radius 1 is 1.47 bits per heavy atom. The molecule has 0 aliphatic heterocycles. The molecule has 92 valence electrons. The molecule has 6 heteroatoms. The fraction of sp³-hybridized carbons (Fsp3) is 0.364. The monoisotopic (exact) mass is 274 g/mol. The van der Waals surface area contributed by atoms with Gasteiger partial charge in [-0.2, -0.15) is 11.8 Å². The van der Waals surface area contributed by atoms with Gasteiger partial charge in [0, 0.05) is 17.9 Å². The maximum atomic E-state index is 13.6. The van der Waals surface area contributed by atoms with Gasteiger partial charge < -0.3 is 9.55 Å². The molecule has 1 atom stereocenters. The highest BCUT2D eigenvalue weighted by atomic mass is 32.2. The lowest BCUT2D eigenvalue weighted by atomic mass is 10.2. The lowest BCUT2D eigenvalue weighted by Gasteiger charge is -2.12. The highest BCUT2D eigenvalue weighted by molar-refractivity contribution is 7.98. The molecule has 0 fully saturated rings. The van der Waals surface area contributed by atoms with Crippen LogP contribution in [0.5, 0.6) is 0 Å². The summed E-state index contributed by atoms with van der Waals surface area (Å²) in [6.07, 6.45) is 1.98. The predicted octanol–water partition coefficient (Wildman–Crippen LogP) is 3.90. The van der Waals surface area contributed by atoms with E-state index in [1.165, 1.54) is 6.07 Å². The molecule has 17 heavy (non-hydrogen) atoms. The first-order valence-corrected chi connectivity index (χ1v) is 6.93. The molecular weight excluding hydrogens is 262 g/mol. The molecule has 0 aliphatic rings. The molecule has 0 saturated carbocycles. The molecule has 0 aliphatic carbocycles. The normalized spacial score (nSPS) is 13.2. The number of rotatable bonds is 3. The van der Waals surface area contributed by atoms with Gasteiger partial charge in [-0.3, -0.25) is 0 Å². The van der Waals surface area contributed by atoms with E-state index in [4.69, 9.17) is 12.2 Å². The first kappa shape index (κ1) is 12.6. The van der Waals surface area contributed by atoms with Crippen LogP contribution in [0.2, 0.25) is 0 Å². The van der Waals surface area contributed by atoms with Crippen LogP contribution >= 0.6 is 24.0 Å². The number of hydrogen-bond acceptors (Lipinski definition) is 2. The lowest BCUT2D eigenvalue weighted by Crippen LogP contribution is -2.07. The molecule has 0 spiro atoms. The summed E-state index contributed by atoms with van der Waals surface area (Å²) in [5.74, 6) is -0.366. The summed E-state index contributed by atoms with van der Waals surface area (Å²) >= 11 is 6.82. The molecule has 1 unspecified atom stereocenters. The van der Waals surface area contributed by atoms with Gasteiger partial charge >= 0.3 is 0 Å². The fourth-order valence-electron chi connectivity index (χ4n) is 1.90. The Bertz CT molecular complexity index is 603. The zero-order valence-corrected chi connectivity index (χ0v) is 11.1. The summed E-state index contributed by atoms with van der Waals surface area (Å²) in [5.41, 5.74) is 0.749. The molecule has 1 aromatic heterocycles. The van der Waals surface area contributed by atoms with Crippen molar-refractivity contribution in [3.63, 3.8) is 0 Å². The van der Waals surface area contributed by atoms with Crippen LogP contribution in [0.25, 0.3) is 11.0 Å². The first-order chi connectivity index (χ1) is 8.04. The molecule has 0 saturated heterocycles. The second-order valence-electron chi connectivity index (χ2n) is 3.89. The van der Waals surface area contributed by atoms with Crippen molar-refractivity contribution in [1.29, 1.82) is 0 Å². The minimum absolute atomic E-state index is 0.0902. The smallest absolute Gasteiger partial charge is 0.178 e. The maximum absolute atomic E-state index is 13.6. The number of thioether (sulfide) groups is 1. The quantitative estimate of drug-likeness (QED) is 0.857. The van der Waals surface area contributed by atoms with Gasteiger partial charge in [0.05, 0.1) is 5.52 Å². The average Bonchev–Trinajstić information content (AvgIpc) is 2.55. The molecular formula is C11H12F2N2S2. The van der Waals surface area contributed by atoms with Gasteiger partial charge in [0.15, 0.2) is 10.6 Å². The van der Waals surface area contributed by atoms with Crippen LogP contribution < -0.4 is 0 Å². The van der Waals surface area contributed by atoms with Crippen LogP contribution in [-0.2, 0) is 0 Å². The molecule has 0 bridgehead atoms. The average molecular weight is 274 g/mol. The van der Waals surface area contributed by atoms with E-state index in [0.29, 0.717) is 10.3 Å². The van der Waals surface area contributed by atoms with E-state index in [2.05, 4.69) is 4.98 Å². The topological polar surface area (TPSA) is 20.7 Å². The van der Waals surface area contributed by atoms with Crippen molar-refractivity contribution in [3.05, 3.63) is 28.5 Å². The fourth-order valence-corrected chi connectivity index (χ4v) is 2.92. The Morgan fingerprint density at radius 3 is 2.82 bits per heavy atom. The Labute approximate surface area is 107 Å². The summed E-state index contributed by atoms with van der Waals surface area (Å²) in [5, 5.41) is 0. The number of H-pyrrole nitrogens is 1. The molecule has 0 amide bonds. The van der Waals surface area contributed by atoms with Crippen molar-refractivity contribution in [2.75, 3.05) is 12.0 Å². The number of hydrogen-bond donors (Lipinski definition) is 1. The highest BCUT2D eigenvalue weighted by Crippen LogP contribution is 2.24. The van der Waals surface area contributed by atoms with Gasteiger partial charge in [-0.25, -0.2) is 8.78 Å². The number of benzene rings is 1. The van der Waals surface area contributed by atoms with Crippen molar-refractivity contribution in [2.24, 2.45) is 0 Å². The van der Waals surface area contributed by atoms with Gasteiger partial charge in [0.2, 0.25) is 0 Å². The van der Waals surface area contributed by atoms with E-state index >= 15 is 0 Å². The van der Waals surface area contributed by atoms with Crippen molar-refractivity contribution in [3.8, 4) is 0 Å². The van der Waals surface area contributed by atoms with Crippen LogP contribution in [0.1, 0.15) is 13.0 Å². The van der Waals surface area contributed by atoms with Crippen molar-refractivity contribution >= 4 is 35.0 Å². The summed E-state index contributed by atoms with van der Waals surface area (Å²) in [6.45, 7) is 1.97. The van der Waals surface area contributed by atoms with E-state index in [1.807, 2.05) is 13.2 Å². The Hall–Kier alpha value is -0.880. The van der Waals surface area contributed by atoms with E-state index in [-0.39, 0.29) is 11.6 Å². The third kappa shape index (κ3) is 2.24. The molecule has 0 radical (unpaired) electrons. The van der Waals surface area contributed by atoms with Crippen LogP contribution in [0.3, 0.4) is 0 Å². The van der Waals surface area contributed by atoms with E-state index in [9.17, 15) is 8.78 Å². The molecule has 1 aromatic carbocycles. The van der Waals surface area contributed by atoms with Crippen molar-refractivity contribution in [1.82, 2.24) is 9.55 Å². The number of imidazole rings is 1. The van der Waals surface area contributed by atoms with Crippen LogP contribution in [0.15, 0.2) is 12.1 Å². The SMILES string of the molecule is CSCC(C)n1c(=S)[nH]c2c(F)cc(F)cc21. The third-order valence-electron chi connectivity index (χ3n) is 2.59. The highest BCUT2D eigenvalue weighted by Gasteiger charge is 2.14. The van der Waals surface area contributed by atoms with E-state index < -0.39 is 11.6 Å². The number of aromatic nitrogens is 2. The number of aromatic amines is 1. The maximum Gasteiger partial charge on any atom is 0.178 e. The van der Waals surface area contributed by atoms with Crippen LogP contribution in [-0.4, -0.2) is 21.6 Å². The Balaban J connectivity index is 2.70. The summed E-state index contributed by atoms with van der Waals surface area (Å²) < 4.78 is 29.0. The molecule has 2 nitrogen and oxygen atoms in total. The number of nitrogens with one attached hydrogen (secondary N) is 1. The van der Waals surface area contributed by atoms with Crippen LogP contribution in [0, 0.1) is 16.4 Å². The molecule has 2 rings (SSSR count). The lowest BCUT2D eigenvalue weighted by molar-refractivity contribution is 0.586. The first-order valence-electron chi connectivity index (χ1n) is 5.12.